The fourth-order valence-electron chi connectivity index (χ4n) is 5.05. The lowest BCUT2D eigenvalue weighted by Gasteiger charge is -2.54. The van der Waals surface area contributed by atoms with E-state index in [-0.39, 0.29) is 0 Å². The van der Waals surface area contributed by atoms with Crippen molar-refractivity contribution in [2.75, 3.05) is 18.0 Å². The maximum Gasteiger partial charge on any atom is 0.0442 e. The van der Waals surface area contributed by atoms with E-state index in [0.29, 0.717) is 10.8 Å². The Bertz CT molecular complexity index is 545. The molecule has 2 unspecified atom stereocenters. The Kier molecular flexibility index (Phi) is 2.56. The Labute approximate surface area is 123 Å². The molecule has 0 aromatic heterocycles. The van der Waals surface area contributed by atoms with E-state index >= 15 is 0 Å². The molecular weight excluding hydrogens is 242 g/mol. The third kappa shape index (κ3) is 1.55. The summed E-state index contributed by atoms with van der Waals surface area (Å²) in [5.74, 6) is 0.875. The fraction of sp³-hybridized carbons (Fsp3) is 0.684. The molecule has 3 aliphatic rings. The molecule has 1 saturated carbocycles. The zero-order chi connectivity index (χ0) is 14.0. The van der Waals surface area contributed by atoms with Crippen LogP contribution in [0.4, 0.5) is 5.69 Å². The van der Waals surface area contributed by atoms with E-state index in [0.717, 1.165) is 5.92 Å². The van der Waals surface area contributed by atoms with Crippen LogP contribution in [0.5, 0.6) is 0 Å². The van der Waals surface area contributed by atoms with Crippen LogP contribution in [0.1, 0.15) is 64.0 Å². The average molecular weight is 269 g/mol. The summed E-state index contributed by atoms with van der Waals surface area (Å²) in [6.07, 6.45) is 6.98. The van der Waals surface area contributed by atoms with Gasteiger partial charge in [-0.3, -0.25) is 0 Å². The molecule has 108 valence electrons. The molecule has 2 atom stereocenters. The highest BCUT2D eigenvalue weighted by Gasteiger charge is 2.47. The summed E-state index contributed by atoms with van der Waals surface area (Å²) >= 11 is 0. The molecule has 0 bridgehead atoms. The molecule has 1 aromatic rings. The van der Waals surface area contributed by atoms with Crippen molar-refractivity contribution >= 4 is 5.69 Å². The van der Waals surface area contributed by atoms with Crippen LogP contribution in [0.15, 0.2) is 18.2 Å². The zero-order valence-electron chi connectivity index (χ0n) is 13.2. The summed E-state index contributed by atoms with van der Waals surface area (Å²) in [5.41, 5.74) is 5.67. The van der Waals surface area contributed by atoms with Crippen molar-refractivity contribution in [1.29, 1.82) is 0 Å². The van der Waals surface area contributed by atoms with E-state index in [2.05, 4.69) is 43.9 Å². The Hall–Kier alpha value is -0.980. The fourth-order valence-corrected chi connectivity index (χ4v) is 5.05. The van der Waals surface area contributed by atoms with Crippen molar-refractivity contribution in [2.45, 2.75) is 63.7 Å². The van der Waals surface area contributed by atoms with Crippen LogP contribution >= 0.6 is 0 Å². The topological polar surface area (TPSA) is 3.24 Å². The highest BCUT2D eigenvalue weighted by Crippen LogP contribution is 2.54. The number of rotatable bonds is 0. The summed E-state index contributed by atoms with van der Waals surface area (Å²) in [4.78, 5) is 2.72. The summed E-state index contributed by atoms with van der Waals surface area (Å²) in [7, 11) is 0. The summed E-state index contributed by atoms with van der Waals surface area (Å²) in [6, 6.07) is 7.14. The van der Waals surface area contributed by atoms with Crippen molar-refractivity contribution in [3.63, 3.8) is 0 Å². The Morgan fingerprint density at radius 3 is 2.70 bits per heavy atom. The standard InChI is InChI=1S/C19H27N/c1-18(2)11-12-20-13-14-7-4-5-10-19(14,3)16-9-6-8-15(18)17(16)20/h6,8-9,14H,4-5,7,10-13H2,1-3H3. The molecule has 2 heterocycles. The Balaban J connectivity index is 1.94. The molecule has 1 aliphatic carbocycles. The van der Waals surface area contributed by atoms with Gasteiger partial charge in [-0.15, -0.1) is 0 Å². The molecule has 0 amide bonds. The third-order valence-electron chi connectivity index (χ3n) is 6.54. The minimum Gasteiger partial charge on any atom is -0.371 e. The minimum absolute atomic E-state index is 0.347. The predicted octanol–water partition coefficient (Wildman–Crippen LogP) is 4.64. The van der Waals surface area contributed by atoms with Gasteiger partial charge in [0.15, 0.2) is 0 Å². The first-order chi connectivity index (χ1) is 9.52. The highest BCUT2D eigenvalue weighted by atomic mass is 15.2. The maximum atomic E-state index is 2.72. The van der Waals surface area contributed by atoms with Crippen LogP contribution in [0.2, 0.25) is 0 Å². The number of hydrogen-bond acceptors (Lipinski definition) is 1. The van der Waals surface area contributed by atoms with Gasteiger partial charge < -0.3 is 4.90 Å². The number of nitrogens with zero attached hydrogens (tertiary/aromatic N) is 1. The lowest BCUT2D eigenvalue weighted by atomic mass is 9.59. The van der Waals surface area contributed by atoms with Crippen LogP contribution in [0.25, 0.3) is 0 Å². The van der Waals surface area contributed by atoms with E-state index in [1.165, 1.54) is 45.2 Å². The Morgan fingerprint density at radius 1 is 1.05 bits per heavy atom. The van der Waals surface area contributed by atoms with Crippen LogP contribution in [-0.2, 0) is 10.8 Å². The van der Waals surface area contributed by atoms with E-state index in [9.17, 15) is 0 Å². The van der Waals surface area contributed by atoms with Gasteiger partial charge in [0.1, 0.15) is 0 Å². The molecule has 1 heteroatoms. The lowest BCUT2D eigenvalue weighted by molar-refractivity contribution is 0.192. The van der Waals surface area contributed by atoms with Crippen LogP contribution in [0, 0.1) is 5.92 Å². The van der Waals surface area contributed by atoms with Crippen molar-refractivity contribution in [1.82, 2.24) is 0 Å². The molecule has 0 saturated heterocycles. The highest BCUT2D eigenvalue weighted by molar-refractivity contribution is 5.68. The van der Waals surface area contributed by atoms with Gasteiger partial charge >= 0.3 is 0 Å². The monoisotopic (exact) mass is 269 g/mol. The molecule has 1 nitrogen and oxygen atoms in total. The predicted molar refractivity (Wildman–Crippen MR) is 85.6 cm³/mol. The maximum absolute atomic E-state index is 2.72. The van der Waals surface area contributed by atoms with Gasteiger partial charge in [0.05, 0.1) is 0 Å². The lowest BCUT2D eigenvalue weighted by Crippen LogP contribution is -2.51. The average Bonchev–Trinajstić information content (AvgIpc) is 2.44. The van der Waals surface area contributed by atoms with Crippen LogP contribution in [-0.4, -0.2) is 13.1 Å². The Morgan fingerprint density at radius 2 is 1.85 bits per heavy atom. The van der Waals surface area contributed by atoms with E-state index in [4.69, 9.17) is 0 Å². The van der Waals surface area contributed by atoms with E-state index in [1.54, 1.807) is 16.8 Å². The largest absolute Gasteiger partial charge is 0.371 e. The van der Waals surface area contributed by atoms with Gasteiger partial charge in [-0.2, -0.15) is 0 Å². The second-order valence-electron chi connectivity index (χ2n) is 8.14. The van der Waals surface area contributed by atoms with Crippen LogP contribution < -0.4 is 4.90 Å². The first-order valence-electron chi connectivity index (χ1n) is 8.41. The number of hydrogen-bond donors (Lipinski definition) is 0. The van der Waals surface area contributed by atoms with Gasteiger partial charge in [-0.25, -0.2) is 0 Å². The second-order valence-corrected chi connectivity index (χ2v) is 8.14. The molecule has 0 spiro atoms. The zero-order valence-corrected chi connectivity index (χ0v) is 13.2. The molecule has 0 radical (unpaired) electrons. The van der Waals surface area contributed by atoms with Crippen molar-refractivity contribution in [2.24, 2.45) is 5.92 Å². The molecular formula is C19H27N. The van der Waals surface area contributed by atoms with Crippen LogP contribution in [0.3, 0.4) is 0 Å². The normalized spacial score (nSPS) is 34.4. The summed E-state index contributed by atoms with van der Waals surface area (Å²) < 4.78 is 0. The van der Waals surface area contributed by atoms with Crippen molar-refractivity contribution < 1.29 is 0 Å². The van der Waals surface area contributed by atoms with Crippen molar-refractivity contribution in [3.05, 3.63) is 29.3 Å². The molecule has 4 rings (SSSR count). The SMILES string of the molecule is CC1(C)CCN2CC3CCCCC3(C)c3cccc1c32. The van der Waals surface area contributed by atoms with Gasteiger partial charge in [-0.1, -0.05) is 51.8 Å². The van der Waals surface area contributed by atoms with Crippen molar-refractivity contribution in [3.8, 4) is 0 Å². The second kappa shape index (κ2) is 4.02. The number of benzene rings is 1. The van der Waals surface area contributed by atoms with E-state index in [1.807, 2.05) is 0 Å². The van der Waals surface area contributed by atoms with Gasteiger partial charge in [0.2, 0.25) is 0 Å². The minimum atomic E-state index is 0.347. The van der Waals surface area contributed by atoms with Gasteiger partial charge in [0.25, 0.3) is 0 Å². The number of para-hydroxylation sites is 1. The first-order valence-corrected chi connectivity index (χ1v) is 8.41. The first kappa shape index (κ1) is 12.7. The smallest absolute Gasteiger partial charge is 0.0442 e. The third-order valence-corrected chi connectivity index (χ3v) is 6.54. The molecule has 1 aromatic carbocycles. The molecule has 1 fully saturated rings. The molecule has 20 heavy (non-hydrogen) atoms. The summed E-state index contributed by atoms with van der Waals surface area (Å²) in [5, 5.41) is 0. The molecule has 0 N–H and O–H groups in total. The van der Waals surface area contributed by atoms with E-state index < -0.39 is 0 Å². The van der Waals surface area contributed by atoms with Gasteiger partial charge in [-0.05, 0) is 47.1 Å². The molecule has 2 aliphatic heterocycles. The number of anilines is 1. The van der Waals surface area contributed by atoms with Gasteiger partial charge in [0, 0.05) is 18.8 Å². The number of fused-ring (bicyclic) bond motifs is 2. The summed E-state index contributed by atoms with van der Waals surface area (Å²) in [6.45, 7) is 9.95. The quantitative estimate of drug-likeness (QED) is 0.663.